The van der Waals surface area contributed by atoms with E-state index in [9.17, 15) is 0 Å². The van der Waals surface area contributed by atoms with Gasteiger partial charge in [-0.3, -0.25) is 0 Å². The molecule has 2 aromatic rings. The van der Waals surface area contributed by atoms with Gasteiger partial charge in [-0.25, -0.2) is 0 Å². The first kappa shape index (κ1) is 21.2. The lowest BCUT2D eigenvalue weighted by molar-refractivity contribution is 0.268. The fraction of sp³-hybridized carbons (Fsp3) is 0.455. The van der Waals surface area contributed by atoms with Gasteiger partial charge in [-0.1, -0.05) is 30.3 Å². The van der Waals surface area contributed by atoms with Gasteiger partial charge in [-0.2, -0.15) is 0 Å². The molecule has 5 heteroatoms. The molecule has 0 aliphatic carbocycles. The molecule has 0 bridgehead atoms. The molecule has 0 saturated carbocycles. The van der Waals surface area contributed by atoms with Gasteiger partial charge in [0.2, 0.25) is 0 Å². The molecule has 0 aromatic heterocycles. The summed E-state index contributed by atoms with van der Waals surface area (Å²) in [5.74, 6) is 1.56. The molecule has 0 atom stereocenters. The van der Waals surface area contributed by atoms with Crippen molar-refractivity contribution in [1.82, 2.24) is 10.6 Å². The first-order valence-electron chi connectivity index (χ1n) is 9.70. The lowest BCUT2D eigenvalue weighted by Crippen LogP contribution is -2.23. The summed E-state index contributed by atoms with van der Waals surface area (Å²) in [4.78, 5) is 0. The van der Waals surface area contributed by atoms with Crippen molar-refractivity contribution < 1.29 is 14.6 Å². The Labute approximate surface area is 162 Å². The highest BCUT2D eigenvalue weighted by molar-refractivity contribution is 5.43. The predicted molar refractivity (Wildman–Crippen MR) is 109 cm³/mol. The maximum atomic E-state index is 8.73. The molecule has 27 heavy (non-hydrogen) atoms. The van der Waals surface area contributed by atoms with Crippen LogP contribution in [0.5, 0.6) is 11.5 Å². The number of hydrogen-bond donors (Lipinski definition) is 3. The summed E-state index contributed by atoms with van der Waals surface area (Å²) in [5, 5.41) is 15.3. The van der Waals surface area contributed by atoms with Gasteiger partial charge in [-0.05, 0) is 62.2 Å². The topological polar surface area (TPSA) is 62.8 Å². The van der Waals surface area contributed by atoms with Crippen LogP contribution in [-0.2, 0) is 13.2 Å². The van der Waals surface area contributed by atoms with Crippen molar-refractivity contribution in [3.8, 4) is 11.5 Å². The van der Waals surface area contributed by atoms with Crippen molar-refractivity contribution in [2.24, 2.45) is 0 Å². The maximum Gasteiger partial charge on any atom is 0.161 e. The van der Waals surface area contributed by atoms with Gasteiger partial charge in [-0.15, -0.1) is 0 Å². The highest BCUT2D eigenvalue weighted by Gasteiger charge is 2.08. The molecule has 0 aliphatic heterocycles. The fourth-order valence-corrected chi connectivity index (χ4v) is 2.75. The minimum atomic E-state index is 0.186. The first-order valence-corrected chi connectivity index (χ1v) is 9.70. The Kier molecular flexibility index (Phi) is 9.69. The predicted octanol–water partition coefficient (Wildman–Crippen LogP) is 3.03. The average Bonchev–Trinajstić information content (AvgIpc) is 2.68. The third kappa shape index (κ3) is 7.59. The van der Waals surface area contributed by atoms with Gasteiger partial charge in [0, 0.05) is 13.1 Å². The Bertz CT molecular complexity index is 676. The van der Waals surface area contributed by atoms with Crippen molar-refractivity contribution in [3.63, 3.8) is 0 Å². The number of hydrogen-bond acceptors (Lipinski definition) is 5. The number of ether oxygens (including phenoxy) is 2. The molecule has 2 rings (SSSR count). The summed E-state index contributed by atoms with van der Waals surface area (Å²) in [6, 6.07) is 14.4. The quantitative estimate of drug-likeness (QED) is 0.472. The largest absolute Gasteiger partial charge is 0.490 e. The Morgan fingerprint density at radius 2 is 1.74 bits per heavy atom. The van der Waals surface area contributed by atoms with E-state index in [1.807, 2.05) is 31.2 Å². The molecule has 0 aliphatic rings. The van der Waals surface area contributed by atoms with Crippen molar-refractivity contribution in [2.45, 2.75) is 33.4 Å². The third-order valence-electron chi connectivity index (χ3n) is 4.28. The number of nitrogens with one attached hydrogen (secondary N) is 2. The smallest absolute Gasteiger partial charge is 0.161 e. The number of rotatable bonds is 13. The van der Waals surface area contributed by atoms with Crippen LogP contribution in [-0.4, -0.2) is 38.0 Å². The third-order valence-corrected chi connectivity index (χ3v) is 4.28. The van der Waals surface area contributed by atoms with Crippen molar-refractivity contribution >= 4 is 0 Å². The maximum absolute atomic E-state index is 8.73. The lowest BCUT2D eigenvalue weighted by atomic mass is 10.1. The molecule has 0 saturated heterocycles. The van der Waals surface area contributed by atoms with Crippen LogP contribution in [0.3, 0.4) is 0 Å². The van der Waals surface area contributed by atoms with Gasteiger partial charge >= 0.3 is 0 Å². The summed E-state index contributed by atoms with van der Waals surface area (Å²) >= 11 is 0. The molecule has 0 heterocycles. The second kappa shape index (κ2) is 12.3. The highest BCUT2D eigenvalue weighted by Crippen LogP contribution is 2.29. The molecule has 0 fully saturated rings. The van der Waals surface area contributed by atoms with Crippen LogP contribution >= 0.6 is 0 Å². The Morgan fingerprint density at radius 3 is 2.52 bits per heavy atom. The molecule has 0 spiro atoms. The molecule has 0 unspecified atom stereocenters. The van der Waals surface area contributed by atoms with Crippen LogP contribution in [0.2, 0.25) is 0 Å². The minimum Gasteiger partial charge on any atom is -0.490 e. The van der Waals surface area contributed by atoms with Gasteiger partial charge in [0.25, 0.3) is 0 Å². The molecular formula is C22H32N2O3. The van der Waals surface area contributed by atoms with Crippen LogP contribution in [0, 0.1) is 6.92 Å². The molecule has 2 aromatic carbocycles. The monoisotopic (exact) mass is 372 g/mol. The average molecular weight is 373 g/mol. The molecule has 0 amide bonds. The van der Waals surface area contributed by atoms with E-state index in [1.54, 1.807) is 0 Å². The standard InChI is InChI=1S/C22H32N2O3/c1-3-26-22-15-19(16-24-12-6-11-23-13-14-25)9-10-21(22)27-17-20-8-5-4-7-18(20)2/h4-5,7-10,15,23-25H,3,6,11-14,16-17H2,1-2H3. The second-order valence-electron chi connectivity index (χ2n) is 6.43. The Balaban J connectivity index is 1.86. The van der Waals surface area contributed by atoms with Gasteiger partial charge < -0.3 is 25.2 Å². The van der Waals surface area contributed by atoms with Crippen LogP contribution in [0.1, 0.15) is 30.0 Å². The van der Waals surface area contributed by atoms with E-state index in [1.165, 1.54) is 16.7 Å². The number of aryl methyl sites for hydroxylation is 1. The Morgan fingerprint density at radius 1 is 0.926 bits per heavy atom. The summed E-state index contributed by atoms with van der Waals surface area (Å²) in [6.45, 7) is 8.67. The lowest BCUT2D eigenvalue weighted by Gasteiger charge is -2.14. The van der Waals surface area contributed by atoms with E-state index in [0.717, 1.165) is 37.6 Å². The van der Waals surface area contributed by atoms with Crippen molar-refractivity contribution in [3.05, 3.63) is 59.2 Å². The first-order chi connectivity index (χ1) is 13.2. The van der Waals surface area contributed by atoms with Crippen LogP contribution in [0.15, 0.2) is 42.5 Å². The zero-order valence-electron chi connectivity index (χ0n) is 16.5. The minimum absolute atomic E-state index is 0.186. The summed E-state index contributed by atoms with van der Waals surface area (Å²) in [7, 11) is 0. The van der Waals surface area contributed by atoms with Gasteiger partial charge in [0.15, 0.2) is 11.5 Å². The van der Waals surface area contributed by atoms with Crippen molar-refractivity contribution in [1.29, 1.82) is 0 Å². The molecular weight excluding hydrogens is 340 g/mol. The van der Waals surface area contributed by atoms with E-state index in [2.05, 4.69) is 35.8 Å². The van der Waals surface area contributed by atoms with E-state index < -0.39 is 0 Å². The van der Waals surface area contributed by atoms with Crippen LogP contribution in [0.25, 0.3) is 0 Å². The molecule has 148 valence electrons. The van der Waals surface area contributed by atoms with Crippen LogP contribution in [0.4, 0.5) is 0 Å². The zero-order valence-corrected chi connectivity index (χ0v) is 16.5. The fourth-order valence-electron chi connectivity index (χ4n) is 2.75. The van der Waals surface area contributed by atoms with E-state index in [0.29, 0.717) is 19.8 Å². The molecule has 5 nitrogen and oxygen atoms in total. The SMILES string of the molecule is CCOc1cc(CNCCCNCCO)ccc1OCc1ccccc1C. The summed E-state index contributed by atoms with van der Waals surface area (Å²) in [6.07, 6.45) is 1.02. The van der Waals surface area contributed by atoms with E-state index in [-0.39, 0.29) is 6.61 Å². The number of aliphatic hydroxyl groups is 1. The van der Waals surface area contributed by atoms with E-state index >= 15 is 0 Å². The normalized spacial score (nSPS) is 10.8. The van der Waals surface area contributed by atoms with Gasteiger partial charge in [0.05, 0.1) is 13.2 Å². The number of aliphatic hydroxyl groups excluding tert-OH is 1. The highest BCUT2D eigenvalue weighted by atomic mass is 16.5. The summed E-state index contributed by atoms with van der Waals surface area (Å²) < 4.78 is 11.8. The van der Waals surface area contributed by atoms with Gasteiger partial charge in [0.1, 0.15) is 6.61 Å². The number of benzene rings is 2. The zero-order chi connectivity index (χ0) is 19.3. The Hall–Kier alpha value is -2.08. The second-order valence-corrected chi connectivity index (χ2v) is 6.43. The molecule has 0 radical (unpaired) electrons. The van der Waals surface area contributed by atoms with Crippen molar-refractivity contribution in [2.75, 3.05) is 32.8 Å². The molecule has 3 N–H and O–H groups in total. The summed E-state index contributed by atoms with van der Waals surface area (Å²) in [5.41, 5.74) is 3.58. The van der Waals surface area contributed by atoms with Crippen LogP contribution < -0.4 is 20.1 Å². The van der Waals surface area contributed by atoms with E-state index in [4.69, 9.17) is 14.6 Å².